The Morgan fingerprint density at radius 1 is 1.14 bits per heavy atom. The summed E-state index contributed by atoms with van der Waals surface area (Å²) in [5, 5.41) is 13.2. The lowest BCUT2D eigenvalue weighted by atomic mass is 9.88. The molecule has 0 amide bonds. The summed E-state index contributed by atoms with van der Waals surface area (Å²) in [6, 6.07) is 8.11. The number of hydrogen-bond acceptors (Lipinski definition) is 4. The number of hydrogen-bond donors (Lipinski definition) is 3. The van der Waals surface area contributed by atoms with E-state index in [-0.39, 0.29) is 23.8 Å². The van der Waals surface area contributed by atoms with Crippen LogP contribution >= 0.6 is 0 Å². The molecular weight excluding hydrogens is 491 g/mol. The van der Waals surface area contributed by atoms with Gasteiger partial charge in [0.25, 0.3) is 5.92 Å². The smallest absolute Gasteiger partial charge is 0.283 e. The van der Waals surface area contributed by atoms with Gasteiger partial charge in [-0.25, -0.2) is 17.6 Å². The lowest BCUT2D eigenvalue weighted by molar-refractivity contribution is -0.0866. The standard InChI is InChI=1S/C27H31F5N4O/c1-16-10-21-19-4-2-5-22(29)24(19)34-25(21)26(36(16)14-27(31,32)15-37)20-7-6-17(11-23(20)30)33-18-12-35(13-18)9-3-8-28/h2,4-7,11,16,18,26,33-34,37H,3,8-10,12-15H2,1H3. The largest absolute Gasteiger partial charge is 0.390 e. The lowest BCUT2D eigenvalue weighted by Crippen LogP contribution is -2.54. The van der Waals surface area contributed by atoms with Crippen molar-refractivity contribution in [1.82, 2.24) is 14.8 Å². The van der Waals surface area contributed by atoms with Crippen LogP contribution in [0.1, 0.15) is 36.2 Å². The third-order valence-electron chi connectivity index (χ3n) is 7.47. The zero-order valence-corrected chi connectivity index (χ0v) is 20.6. The van der Waals surface area contributed by atoms with Gasteiger partial charge in [0.2, 0.25) is 0 Å². The topological polar surface area (TPSA) is 54.5 Å². The van der Waals surface area contributed by atoms with Gasteiger partial charge in [0.15, 0.2) is 0 Å². The summed E-state index contributed by atoms with van der Waals surface area (Å²) in [5.74, 6) is -4.43. The molecule has 0 bridgehead atoms. The van der Waals surface area contributed by atoms with Gasteiger partial charge in [-0.05, 0) is 43.5 Å². The summed E-state index contributed by atoms with van der Waals surface area (Å²) in [6.45, 7) is 1.47. The fourth-order valence-electron chi connectivity index (χ4n) is 5.64. The number of aromatic amines is 1. The Morgan fingerprint density at radius 2 is 1.92 bits per heavy atom. The molecule has 1 aromatic heterocycles. The van der Waals surface area contributed by atoms with Crippen molar-refractivity contribution >= 4 is 16.6 Å². The normalized spacial score (nSPS) is 21.3. The minimum absolute atomic E-state index is 0.114. The van der Waals surface area contributed by atoms with E-state index in [1.165, 1.54) is 17.0 Å². The third kappa shape index (κ3) is 5.06. The average molecular weight is 523 g/mol. The summed E-state index contributed by atoms with van der Waals surface area (Å²) in [4.78, 5) is 6.65. The Balaban J connectivity index is 1.48. The minimum Gasteiger partial charge on any atom is -0.390 e. The fourth-order valence-corrected chi connectivity index (χ4v) is 5.64. The highest BCUT2D eigenvalue weighted by molar-refractivity contribution is 5.86. The zero-order chi connectivity index (χ0) is 26.3. The quantitative estimate of drug-likeness (QED) is 0.351. The molecule has 3 N–H and O–H groups in total. The number of anilines is 1. The van der Waals surface area contributed by atoms with Gasteiger partial charge in [0.05, 0.1) is 30.8 Å². The van der Waals surface area contributed by atoms with Crippen molar-refractivity contribution in [2.24, 2.45) is 0 Å². The number of para-hydroxylation sites is 1. The van der Waals surface area contributed by atoms with E-state index >= 15 is 4.39 Å². The number of nitrogens with zero attached hydrogens (tertiary/aromatic N) is 2. The molecule has 3 aromatic rings. The number of H-pyrrole nitrogens is 1. The molecular formula is C27H31F5N4O. The Labute approximate surface area is 212 Å². The van der Waals surface area contributed by atoms with Crippen molar-refractivity contribution in [3.63, 3.8) is 0 Å². The van der Waals surface area contributed by atoms with E-state index in [0.717, 1.165) is 18.7 Å². The number of aromatic nitrogens is 1. The van der Waals surface area contributed by atoms with Crippen LogP contribution in [0.25, 0.3) is 10.9 Å². The molecule has 200 valence electrons. The predicted octanol–water partition coefficient (Wildman–Crippen LogP) is 4.87. The van der Waals surface area contributed by atoms with E-state index in [0.29, 0.717) is 36.2 Å². The second-order valence-electron chi connectivity index (χ2n) is 10.2. The number of nitrogens with one attached hydrogen (secondary N) is 2. The van der Waals surface area contributed by atoms with Crippen molar-refractivity contribution in [3.05, 3.63) is 64.9 Å². The fraction of sp³-hybridized carbons (Fsp3) is 0.481. The van der Waals surface area contributed by atoms with Crippen LogP contribution in [-0.2, 0) is 6.42 Å². The first-order valence-electron chi connectivity index (χ1n) is 12.6. The monoisotopic (exact) mass is 522 g/mol. The third-order valence-corrected chi connectivity index (χ3v) is 7.47. The number of aliphatic hydroxyl groups is 1. The molecule has 0 radical (unpaired) electrons. The maximum Gasteiger partial charge on any atom is 0.283 e. The molecule has 0 saturated carbocycles. The molecule has 5 nitrogen and oxygen atoms in total. The van der Waals surface area contributed by atoms with Gasteiger partial charge in [-0.2, -0.15) is 0 Å². The number of rotatable bonds is 9. The first kappa shape index (κ1) is 25.9. The van der Waals surface area contributed by atoms with E-state index in [9.17, 15) is 22.7 Å². The first-order valence-corrected chi connectivity index (χ1v) is 12.6. The van der Waals surface area contributed by atoms with Crippen molar-refractivity contribution < 1.29 is 27.1 Å². The Hall–Kier alpha value is -2.69. The average Bonchev–Trinajstić information content (AvgIpc) is 3.21. The van der Waals surface area contributed by atoms with Gasteiger partial charge < -0.3 is 15.4 Å². The van der Waals surface area contributed by atoms with Crippen LogP contribution < -0.4 is 5.32 Å². The van der Waals surface area contributed by atoms with Crippen molar-refractivity contribution in [2.45, 2.75) is 43.8 Å². The zero-order valence-electron chi connectivity index (χ0n) is 20.6. The van der Waals surface area contributed by atoms with E-state index < -0.39 is 42.8 Å². The Bertz CT molecular complexity index is 1260. The van der Waals surface area contributed by atoms with Gasteiger partial charge in [0, 0.05) is 48.0 Å². The van der Waals surface area contributed by atoms with Gasteiger partial charge >= 0.3 is 0 Å². The number of aliphatic hydroxyl groups excluding tert-OH is 1. The molecule has 1 fully saturated rings. The van der Waals surface area contributed by atoms with Crippen LogP contribution in [0, 0.1) is 11.6 Å². The van der Waals surface area contributed by atoms with Crippen LogP contribution in [0.5, 0.6) is 0 Å². The number of likely N-dealkylation sites (tertiary alicyclic amines) is 1. The minimum atomic E-state index is -3.39. The molecule has 37 heavy (non-hydrogen) atoms. The molecule has 5 rings (SSSR count). The van der Waals surface area contributed by atoms with Crippen molar-refractivity contribution in [1.29, 1.82) is 0 Å². The summed E-state index contributed by atoms with van der Waals surface area (Å²) in [6.07, 6.45) is 0.861. The molecule has 0 aliphatic carbocycles. The van der Waals surface area contributed by atoms with Gasteiger partial charge in [0.1, 0.15) is 18.2 Å². The van der Waals surface area contributed by atoms with Crippen LogP contribution in [-0.4, -0.2) is 77.4 Å². The Morgan fingerprint density at radius 3 is 2.62 bits per heavy atom. The summed E-state index contributed by atoms with van der Waals surface area (Å²) < 4.78 is 71.5. The SMILES string of the molecule is CC1Cc2c([nH]c3c(F)cccc23)C(c2ccc(NC3CN(CCCF)C3)cc2F)N1CC(F)(F)CO. The highest BCUT2D eigenvalue weighted by atomic mass is 19.3. The maximum absolute atomic E-state index is 15.7. The van der Waals surface area contributed by atoms with Gasteiger partial charge in [-0.3, -0.25) is 14.2 Å². The molecule has 2 unspecified atom stereocenters. The number of halogens is 5. The first-order chi connectivity index (χ1) is 17.7. The predicted molar refractivity (Wildman–Crippen MR) is 133 cm³/mol. The van der Waals surface area contributed by atoms with E-state index in [1.54, 1.807) is 31.2 Å². The van der Waals surface area contributed by atoms with Gasteiger partial charge in [-0.15, -0.1) is 0 Å². The molecule has 0 spiro atoms. The summed E-state index contributed by atoms with van der Waals surface area (Å²) in [7, 11) is 0. The van der Waals surface area contributed by atoms with Crippen molar-refractivity contribution in [3.8, 4) is 0 Å². The lowest BCUT2D eigenvalue weighted by Gasteiger charge is -2.42. The summed E-state index contributed by atoms with van der Waals surface area (Å²) in [5.41, 5.74) is 2.28. The molecule has 1 saturated heterocycles. The molecule has 2 aromatic carbocycles. The highest BCUT2D eigenvalue weighted by Crippen LogP contribution is 2.43. The van der Waals surface area contributed by atoms with E-state index in [4.69, 9.17) is 0 Å². The molecule has 2 aliphatic heterocycles. The Kier molecular flexibility index (Phi) is 7.17. The van der Waals surface area contributed by atoms with Gasteiger partial charge in [-0.1, -0.05) is 18.2 Å². The molecule has 2 atom stereocenters. The summed E-state index contributed by atoms with van der Waals surface area (Å²) >= 11 is 0. The van der Waals surface area contributed by atoms with E-state index in [1.807, 2.05) is 0 Å². The number of benzene rings is 2. The van der Waals surface area contributed by atoms with Crippen LogP contribution in [0.4, 0.5) is 27.6 Å². The molecule has 3 heterocycles. The highest BCUT2D eigenvalue weighted by Gasteiger charge is 2.42. The number of alkyl halides is 3. The van der Waals surface area contributed by atoms with E-state index in [2.05, 4.69) is 15.2 Å². The van der Waals surface area contributed by atoms with Crippen molar-refractivity contribution in [2.75, 3.05) is 44.8 Å². The molecule has 10 heteroatoms. The van der Waals surface area contributed by atoms with Crippen LogP contribution in [0.15, 0.2) is 36.4 Å². The second kappa shape index (κ2) is 10.2. The second-order valence-corrected chi connectivity index (χ2v) is 10.2. The van der Waals surface area contributed by atoms with Crippen LogP contribution in [0.3, 0.4) is 0 Å². The molecule has 2 aliphatic rings. The van der Waals surface area contributed by atoms with Crippen LogP contribution in [0.2, 0.25) is 0 Å². The maximum atomic E-state index is 15.7. The number of fused-ring (bicyclic) bond motifs is 3.